The second-order valence-corrected chi connectivity index (χ2v) is 3.41. The van der Waals surface area contributed by atoms with E-state index in [-0.39, 0.29) is 6.42 Å². The molecule has 2 rings (SSSR count). The quantitative estimate of drug-likeness (QED) is 0.742. The number of aryl methyl sites for hydroxylation is 2. The van der Waals surface area contributed by atoms with E-state index in [0.29, 0.717) is 6.54 Å². The summed E-state index contributed by atoms with van der Waals surface area (Å²) >= 11 is 0. The molecule has 0 aliphatic carbocycles. The number of anilines is 1. The molecule has 0 atom stereocenters. The van der Waals surface area contributed by atoms with Crippen LogP contribution in [-0.4, -0.2) is 27.2 Å². The molecule has 14 heavy (non-hydrogen) atoms. The number of aromatic nitrogens is 2. The van der Waals surface area contributed by atoms with E-state index >= 15 is 0 Å². The van der Waals surface area contributed by atoms with E-state index in [1.165, 1.54) is 0 Å². The summed E-state index contributed by atoms with van der Waals surface area (Å²) in [6.07, 6.45) is 4.27. The van der Waals surface area contributed by atoms with Crippen molar-refractivity contribution in [3.8, 4) is 0 Å². The fourth-order valence-electron chi connectivity index (χ4n) is 1.64. The summed E-state index contributed by atoms with van der Waals surface area (Å²) in [6.45, 7) is 1.47. The van der Waals surface area contributed by atoms with Crippen molar-refractivity contribution in [3.63, 3.8) is 0 Å². The van der Waals surface area contributed by atoms with Gasteiger partial charge in [-0.25, -0.2) is 4.98 Å². The van der Waals surface area contributed by atoms with Crippen LogP contribution in [0.2, 0.25) is 0 Å². The van der Waals surface area contributed by atoms with Crippen LogP contribution in [0.15, 0.2) is 6.20 Å². The third kappa shape index (κ3) is 1.86. The number of imidazole rings is 1. The minimum Gasteiger partial charge on any atom is -0.481 e. The monoisotopic (exact) mass is 195 g/mol. The summed E-state index contributed by atoms with van der Waals surface area (Å²) < 4.78 is 2.11. The summed E-state index contributed by atoms with van der Waals surface area (Å²) in [5, 5.41) is 11.4. The van der Waals surface area contributed by atoms with Gasteiger partial charge in [-0.2, -0.15) is 0 Å². The van der Waals surface area contributed by atoms with Gasteiger partial charge in [-0.1, -0.05) is 0 Å². The second kappa shape index (κ2) is 3.69. The van der Waals surface area contributed by atoms with Crippen molar-refractivity contribution < 1.29 is 9.90 Å². The Labute approximate surface area is 81.8 Å². The minimum atomic E-state index is -0.788. The Kier molecular flexibility index (Phi) is 2.39. The molecule has 2 heterocycles. The molecule has 0 amide bonds. The molecule has 2 N–H and O–H groups in total. The number of fused-ring (bicyclic) bond motifs is 1. The molecule has 0 bridgehead atoms. The summed E-state index contributed by atoms with van der Waals surface area (Å²) in [5.41, 5.74) is 0. The SMILES string of the molecule is O=C(O)CCNc1cn2c(n1)CCC2. The third-order valence-corrected chi connectivity index (χ3v) is 2.30. The first-order valence-electron chi connectivity index (χ1n) is 4.77. The Morgan fingerprint density at radius 2 is 2.57 bits per heavy atom. The normalized spacial score (nSPS) is 14.0. The number of nitrogens with one attached hydrogen (secondary N) is 1. The van der Waals surface area contributed by atoms with E-state index in [4.69, 9.17) is 5.11 Å². The van der Waals surface area contributed by atoms with Gasteiger partial charge in [0.05, 0.1) is 6.42 Å². The lowest BCUT2D eigenvalue weighted by Crippen LogP contribution is -2.07. The third-order valence-electron chi connectivity index (χ3n) is 2.30. The van der Waals surface area contributed by atoms with Gasteiger partial charge in [0.2, 0.25) is 0 Å². The predicted octanol–water partition coefficient (Wildman–Crippen LogP) is 0.716. The fourth-order valence-corrected chi connectivity index (χ4v) is 1.64. The van der Waals surface area contributed by atoms with E-state index in [9.17, 15) is 4.79 Å². The van der Waals surface area contributed by atoms with Crippen LogP contribution in [0.5, 0.6) is 0 Å². The summed E-state index contributed by atoms with van der Waals surface area (Å²) in [4.78, 5) is 14.6. The Morgan fingerprint density at radius 1 is 1.71 bits per heavy atom. The molecule has 1 aromatic rings. The average molecular weight is 195 g/mol. The molecule has 0 radical (unpaired) electrons. The fraction of sp³-hybridized carbons (Fsp3) is 0.556. The molecule has 0 spiro atoms. The van der Waals surface area contributed by atoms with Gasteiger partial charge in [-0.15, -0.1) is 0 Å². The number of nitrogens with zero attached hydrogens (tertiary/aromatic N) is 2. The average Bonchev–Trinajstić information content (AvgIpc) is 2.62. The van der Waals surface area contributed by atoms with Crippen LogP contribution in [0.25, 0.3) is 0 Å². The smallest absolute Gasteiger partial charge is 0.305 e. The van der Waals surface area contributed by atoms with Crippen molar-refractivity contribution in [3.05, 3.63) is 12.0 Å². The van der Waals surface area contributed by atoms with E-state index in [1.807, 2.05) is 6.20 Å². The van der Waals surface area contributed by atoms with Crippen molar-refractivity contribution >= 4 is 11.8 Å². The molecular formula is C9H13N3O2. The zero-order valence-electron chi connectivity index (χ0n) is 7.86. The number of rotatable bonds is 4. The molecule has 1 aliphatic rings. The molecule has 0 aromatic carbocycles. The molecular weight excluding hydrogens is 182 g/mol. The van der Waals surface area contributed by atoms with Gasteiger partial charge in [0.25, 0.3) is 0 Å². The highest BCUT2D eigenvalue weighted by atomic mass is 16.4. The van der Waals surface area contributed by atoms with Crippen molar-refractivity contribution in [1.29, 1.82) is 0 Å². The first-order valence-corrected chi connectivity index (χ1v) is 4.77. The van der Waals surface area contributed by atoms with E-state index < -0.39 is 5.97 Å². The summed E-state index contributed by atoms with van der Waals surface area (Å²) in [5.74, 6) is 1.10. The number of hydrogen-bond acceptors (Lipinski definition) is 3. The lowest BCUT2D eigenvalue weighted by molar-refractivity contribution is -0.136. The van der Waals surface area contributed by atoms with Crippen molar-refractivity contribution in [2.24, 2.45) is 0 Å². The van der Waals surface area contributed by atoms with E-state index in [0.717, 1.165) is 31.0 Å². The zero-order chi connectivity index (χ0) is 9.97. The first-order chi connectivity index (χ1) is 6.75. The number of carboxylic acids is 1. The lowest BCUT2D eigenvalue weighted by Gasteiger charge is -1.98. The topological polar surface area (TPSA) is 67.2 Å². The molecule has 0 saturated heterocycles. The number of carboxylic acid groups (broad SMARTS) is 1. The van der Waals surface area contributed by atoms with Crippen LogP contribution in [0.4, 0.5) is 5.82 Å². The second-order valence-electron chi connectivity index (χ2n) is 3.41. The van der Waals surface area contributed by atoms with Crippen LogP contribution in [0.3, 0.4) is 0 Å². The largest absolute Gasteiger partial charge is 0.481 e. The predicted molar refractivity (Wildman–Crippen MR) is 51.3 cm³/mol. The number of carbonyl (C=O) groups is 1. The van der Waals surface area contributed by atoms with Crippen LogP contribution in [0.1, 0.15) is 18.7 Å². The minimum absolute atomic E-state index is 0.127. The van der Waals surface area contributed by atoms with E-state index in [2.05, 4.69) is 14.9 Å². The maximum atomic E-state index is 10.3. The van der Waals surface area contributed by atoms with E-state index in [1.54, 1.807) is 0 Å². The van der Waals surface area contributed by atoms with Crippen LogP contribution in [0, 0.1) is 0 Å². The standard InChI is InChI=1S/C9H13N3O2/c13-9(14)3-4-10-7-6-12-5-1-2-8(12)11-7/h6,10H,1-5H2,(H,13,14). The Hall–Kier alpha value is -1.52. The Bertz CT molecular complexity index is 324. The molecule has 0 saturated carbocycles. The summed E-state index contributed by atoms with van der Waals surface area (Å²) in [6, 6.07) is 0. The molecule has 0 unspecified atom stereocenters. The zero-order valence-corrected chi connectivity index (χ0v) is 7.86. The number of hydrogen-bond donors (Lipinski definition) is 2. The molecule has 5 nitrogen and oxygen atoms in total. The van der Waals surface area contributed by atoms with Crippen LogP contribution < -0.4 is 5.32 Å². The number of aliphatic carboxylic acids is 1. The van der Waals surface area contributed by atoms with Gasteiger partial charge in [-0.05, 0) is 6.42 Å². The van der Waals surface area contributed by atoms with Crippen molar-refractivity contribution in [2.75, 3.05) is 11.9 Å². The van der Waals surface area contributed by atoms with Gasteiger partial charge in [-0.3, -0.25) is 4.79 Å². The van der Waals surface area contributed by atoms with Gasteiger partial charge in [0.15, 0.2) is 0 Å². The summed E-state index contributed by atoms with van der Waals surface area (Å²) in [7, 11) is 0. The molecule has 1 aromatic heterocycles. The highest BCUT2D eigenvalue weighted by Crippen LogP contribution is 2.16. The van der Waals surface area contributed by atoms with Crippen molar-refractivity contribution in [1.82, 2.24) is 9.55 Å². The first kappa shape index (κ1) is 9.05. The van der Waals surface area contributed by atoms with Crippen molar-refractivity contribution in [2.45, 2.75) is 25.8 Å². The lowest BCUT2D eigenvalue weighted by atomic mass is 10.4. The van der Waals surface area contributed by atoms with Crippen LogP contribution in [-0.2, 0) is 17.8 Å². The molecule has 76 valence electrons. The molecule has 1 aliphatic heterocycles. The molecule has 0 fully saturated rings. The Morgan fingerprint density at radius 3 is 3.29 bits per heavy atom. The van der Waals surface area contributed by atoms with Gasteiger partial charge < -0.3 is 15.0 Å². The van der Waals surface area contributed by atoms with Crippen LogP contribution >= 0.6 is 0 Å². The highest BCUT2D eigenvalue weighted by Gasteiger charge is 2.12. The van der Waals surface area contributed by atoms with Gasteiger partial charge in [0.1, 0.15) is 11.6 Å². The maximum absolute atomic E-state index is 10.3. The van der Waals surface area contributed by atoms with Gasteiger partial charge in [0, 0.05) is 25.7 Å². The maximum Gasteiger partial charge on any atom is 0.305 e. The van der Waals surface area contributed by atoms with Gasteiger partial charge >= 0.3 is 5.97 Å². The highest BCUT2D eigenvalue weighted by molar-refractivity contribution is 5.67. The Balaban J connectivity index is 1.88. The molecule has 5 heteroatoms.